The van der Waals surface area contributed by atoms with E-state index in [1.165, 1.54) is 0 Å². The Morgan fingerprint density at radius 3 is 2.47 bits per heavy atom. The van der Waals surface area contributed by atoms with Crippen molar-refractivity contribution in [3.05, 3.63) is 34.7 Å². The lowest BCUT2D eigenvalue weighted by atomic mass is 10.3. The Balaban J connectivity index is 0.000000583. The van der Waals surface area contributed by atoms with E-state index in [-0.39, 0.29) is 0 Å². The second-order valence-corrected chi connectivity index (χ2v) is 2.92. The van der Waals surface area contributed by atoms with Gasteiger partial charge in [-0.2, -0.15) is 0 Å². The first kappa shape index (κ1) is 13.5. The monoisotopic (exact) mass is 206 g/mol. The third kappa shape index (κ3) is 5.75. The lowest BCUT2D eigenvalue weighted by Gasteiger charge is -1.89. The molecular formula is C12H18N2O. The first-order valence-corrected chi connectivity index (χ1v) is 4.67. The van der Waals surface area contributed by atoms with Crippen molar-refractivity contribution in [3.8, 4) is 0 Å². The SMILES string of the molecule is C=c1nc(C)nc/c1=C/C=C\C.COC. The van der Waals surface area contributed by atoms with Gasteiger partial charge in [-0.25, -0.2) is 9.97 Å². The zero-order valence-corrected chi connectivity index (χ0v) is 9.82. The normalized spacial score (nSPS) is 11.3. The molecule has 1 aromatic rings. The number of methoxy groups -OCH3 is 1. The molecule has 0 spiro atoms. The van der Waals surface area contributed by atoms with E-state index in [1.807, 2.05) is 32.1 Å². The second kappa shape index (κ2) is 7.88. The first-order chi connectivity index (χ1) is 7.15. The maximum absolute atomic E-state index is 4.25. The van der Waals surface area contributed by atoms with E-state index in [2.05, 4.69) is 21.3 Å². The summed E-state index contributed by atoms with van der Waals surface area (Å²) in [6.45, 7) is 7.64. The van der Waals surface area contributed by atoms with Gasteiger partial charge in [-0.15, -0.1) is 0 Å². The van der Waals surface area contributed by atoms with E-state index in [1.54, 1.807) is 20.4 Å². The van der Waals surface area contributed by atoms with Crippen LogP contribution in [0.25, 0.3) is 12.7 Å². The van der Waals surface area contributed by atoms with E-state index >= 15 is 0 Å². The Hall–Kier alpha value is -1.48. The number of hydrogen-bond donors (Lipinski definition) is 0. The van der Waals surface area contributed by atoms with Crippen LogP contribution >= 0.6 is 0 Å². The fourth-order valence-electron chi connectivity index (χ4n) is 0.865. The standard InChI is InChI=1S/C10H12N2.C2H6O/c1-4-5-6-10-7-11-9(3)12-8(10)2;1-3-2/h4-7H,2H2,1,3H3;1-2H3/b5-4-,10-6-;. The minimum atomic E-state index is 0.762. The molecule has 1 aromatic heterocycles. The molecule has 0 aliphatic rings. The molecule has 82 valence electrons. The topological polar surface area (TPSA) is 35.0 Å². The maximum Gasteiger partial charge on any atom is 0.125 e. The van der Waals surface area contributed by atoms with Crippen LogP contribution in [0.5, 0.6) is 0 Å². The van der Waals surface area contributed by atoms with Crippen molar-refractivity contribution in [2.75, 3.05) is 14.2 Å². The van der Waals surface area contributed by atoms with Crippen LogP contribution in [-0.2, 0) is 4.74 Å². The molecule has 1 rings (SSSR count). The van der Waals surface area contributed by atoms with Gasteiger partial charge in [-0.1, -0.05) is 24.8 Å². The van der Waals surface area contributed by atoms with Gasteiger partial charge >= 0.3 is 0 Å². The first-order valence-electron chi connectivity index (χ1n) is 4.67. The summed E-state index contributed by atoms with van der Waals surface area (Å²) in [6, 6.07) is 0. The Morgan fingerprint density at radius 1 is 1.40 bits per heavy atom. The molecular weight excluding hydrogens is 188 g/mol. The van der Waals surface area contributed by atoms with Crippen molar-refractivity contribution in [2.24, 2.45) is 0 Å². The van der Waals surface area contributed by atoms with Gasteiger partial charge in [0.15, 0.2) is 0 Å². The molecule has 0 fully saturated rings. The molecule has 3 nitrogen and oxygen atoms in total. The van der Waals surface area contributed by atoms with Crippen molar-refractivity contribution >= 4 is 12.7 Å². The van der Waals surface area contributed by atoms with Crippen LogP contribution in [0.1, 0.15) is 12.7 Å². The summed E-state index contributed by atoms with van der Waals surface area (Å²) in [6.07, 6.45) is 7.63. The van der Waals surface area contributed by atoms with Crippen LogP contribution in [0.4, 0.5) is 0 Å². The highest BCUT2D eigenvalue weighted by Crippen LogP contribution is 1.73. The van der Waals surface area contributed by atoms with Gasteiger partial charge in [0, 0.05) is 25.6 Å². The highest BCUT2D eigenvalue weighted by molar-refractivity contribution is 5.35. The fraction of sp³-hybridized carbons (Fsp3) is 0.333. The molecule has 0 aliphatic heterocycles. The number of rotatable bonds is 1. The molecule has 0 saturated carbocycles. The van der Waals surface area contributed by atoms with Crippen molar-refractivity contribution in [1.82, 2.24) is 9.97 Å². The van der Waals surface area contributed by atoms with Gasteiger partial charge < -0.3 is 4.74 Å². The predicted molar refractivity (Wildman–Crippen MR) is 63.8 cm³/mol. The molecule has 0 amide bonds. The molecule has 0 aliphatic carbocycles. The molecule has 0 atom stereocenters. The van der Waals surface area contributed by atoms with Crippen LogP contribution in [0.3, 0.4) is 0 Å². The highest BCUT2D eigenvalue weighted by atomic mass is 16.4. The third-order valence-corrected chi connectivity index (χ3v) is 1.49. The third-order valence-electron chi connectivity index (χ3n) is 1.49. The Kier molecular flexibility index (Phi) is 7.10. The van der Waals surface area contributed by atoms with E-state index in [4.69, 9.17) is 0 Å². The van der Waals surface area contributed by atoms with Crippen molar-refractivity contribution in [2.45, 2.75) is 13.8 Å². The summed E-state index contributed by atoms with van der Waals surface area (Å²) >= 11 is 0. The molecule has 1 heterocycles. The summed E-state index contributed by atoms with van der Waals surface area (Å²) in [7, 11) is 3.25. The largest absolute Gasteiger partial charge is 0.388 e. The van der Waals surface area contributed by atoms with Crippen molar-refractivity contribution in [1.29, 1.82) is 0 Å². The molecule has 0 N–H and O–H groups in total. The minimum Gasteiger partial charge on any atom is -0.388 e. The zero-order valence-electron chi connectivity index (χ0n) is 9.82. The van der Waals surface area contributed by atoms with Gasteiger partial charge in [-0.3, -0.25) is 0 Å². The van der Waals surface area contributed by atoms with Crippen molar-refractivity contribution in [3.63, 3.8) is 0 Å². The van der Waals surface area contributed by atoms with Gasteiger partial charge in [0.05, 0.1) is 5.35 Å². The summed E-state index contributed by atoms with van der Waals surface area (Å²) in [5, 5.41) is 1.75. The van der Waals surface area contributed by atoms with Gasteiger partial charge in [0.1, 0.15) is 5.82 Å². The highest BCUT2D eigenvalue weighted by Gasteiger charge is 1.85. The Bertz CT molecular complexity index is 410. The van der Waals surface area contributed by atoms with Crippen LogP contribution in [0, 0.1) is 6.92 Å². The van der Waals surface area contributed by atoms with Crippen LogP contribution in [0.2, 0.25) is 0 Å². The Labute approximate surface area is 90.8 Å². The van der Waals surface area contributed by atoms with Crippen LogP contribution in [-0.4, -0.2) is 24.2 Å². The van der Waals surface area contributed by atoms with Gasteiger partial charge in [0.25, 0.3) is 0 Å². The lowest BCUT2D eigenvalue weighted by Crippen LogP contribution is -2.27. The molecule has 15 heavy (non-hydrogen) atoms. The molecule has 3 heteroatoms. The summed E-state index contributed by atoms with van der Waals surface area (Å²) in [5.74, 6) is 0.762. The van der Waals surface area contributed by atoms with E-state index < -0.39 is 0 Å². The average molecular weight is 206 g/mol. The average Bonchev–Trinajstić information content (AvgIpc) is 2.18. The van der Waals surface area contributed by atoms with Crippen LogP contribution < -0.4 is 10.6 Å². The number of aryl methyl sites for hydroxylation is 1. The smallest absolute Gasteiger partial charge is 0.125 e. The quantitative estimate of drug-likeness (QED) is 0.682. The molecule has 0 bridgehead atoms. The summed E-state index contributed by atoms with van der Waals surface area (Å²) in [5.41, 5.74) is 0. The maximum atomic E-state index is 4.25. The van der Waals surface area contributed by atoms with E-state index in [0.717, 1.165) is 16.4 Å². The van der Waals surface area contributed by atoms with E-state index in [0.29, 0.717) is 0 Å². The number of hydrogen-bond acceptors (Lipinski definition) is 3. The Morgan fingerprint density at radius 2 is 2.00 bits per heavy atom. The van der Waals surface area contributed by atoms with Crippen LogP contribution in [0.15, 0.2) is 18.3 Å². The summed E-state index contributed by atoms with van der Waals surface area (Å²) < 4.78 is 4.25. The minimum absolute atomic E-state index is 0.762. The van der Waals surface area contributed by atoms with Gasteiger partial charge in [0.2, 0.25) is 0 Å². The van der Waals surface area contributed by atoms with Crippen molar-refractivity contribution < 1.29 is 4.74 Å². The fourth-order valence-corrected chi connectivity index (χ4v) is 0.865. The lowest BCUT2D eigenvalue weighted by molar-refractivity contribution is 0.277. The predicted octanol–water partition coefficient (Wildman–Crippen LogP) is 0.815. The van der Waals surface area contributed by atoms with Gasteiger partial charge in [-0.05, 0) is 13.8 Å². The second-order valence-electron chi connectivity index (χ2n) is 2.92. The number of nitrogens with zero attached hydrogens (tertiary/aromatic N) is 2. The molecule has 0 saturated heterocycles. The summed E-state index contributed by atoms with van der Waals surface area (Å²) in [4.78, 5) is 8.22. The number of ether oxygens (including phenoxy) is 1. The zero-order chi connectivity index (χ0) is 11.7. The molecule has 0 radical (unpaired) electrons. The molecule has 0 aromatic carbocycles. The number of aromatic nitrogens is 2. The van der Waals surface area contributed by atoms with E-state index in [9.17, 15) is 0 Å². The molecule has 0 unspecified atom stereocenters. The number of allylic oxidation sites excluding steroid dienone is 2.